The Balaban J connectivity index is 1.89. The molecule has 2 aromatic rings. The van der Waals surface area contributed by atoms with Crippen molar-refractivity contribution in [1.29, 1.82) is 0 Å². The lowest BCUT2D eigenvalue weighted by Gasteiger charge is -2.27. The van der Waals surface area contributed by atoms with E-state index in [1.54, 1.807) is 6.21 Å². The highest BCUT2D eigenvalue weighted by Gasteiger charge is 2.16. The van der Waals surface area contributed by atoms with Crippen molar-refractivity contribution in [3.8, 4) is 0 Å². The van der Waals surface area contributed by atoms with Gasteiger partial charge in [-0.15, -0.1) is 0 Å². The number of rotatable bonds is 7. The maximum atomic E-state index is 5.63. The summed E-state index contributed by atoms with van der Waals surface area (Å²) in [5.41, 5.74) is 9.77. The molecule has 9 heteroatoms. The molecule has 9 nitrogen and oxygen atoms in total. The van der Waals surface area contributed by atoms with Gasteiger partial charge < -0.3 is 21.9 Å². The minimum Gasteiger partial charge on any atom is -0.390 e. The van der Waals surface area contributed by atoms with Gasteiger partial charge in [0, 0.05) is 56.7 Å². The van der Waals surface area contributed by atoms with Gasteiger partial charge in [-0.1, -0.05) is 12.1 Å². The number of nitrogens with zero attached hydrogens (tertiary/aromatic N) is 5. The van der Waals surface area contributed by atoms with Crippen LogP contribution in [0.15, 0.2) is 56.6 Å². The first-order valence-electron chi connectivity index (χ1n) is 10.4. The second-order valence-electron chi connectivity index (χ2n) is 7.55. The van der Waals surface area contributed by atoms with E-state index in [1.807, 2.05) is 44.3 Å². The Bertz CT molecular complexity index is 963. The second-order valence-corrected chi connectivity index (χ2v) is 7.55. The summed E-state index contributed by atoms with van der Waals surface area (Å²) in [6.45, 7) is 8.85. The van der Waals surface area contributed by atoms with Gasteiger partial charge in [0.05, 0.1) is 17.7 Å². The van der Waals surface area contributed by atoms with Crippen LogP contribution in [0.5, 0.6) is 0 Å². The van der Waals surface area contributed by atoms with Crippen LogP contribution in [0.1, 0.15) is 30.7 Å². The molecule has 1 saturated heterocycles. The first kappa shape index (κ1) is 22.4. The molecule has 31 heavy (non-hydrogen) atoms. The van der Waals surface area contributed by atoms with Gasteiger partial charge in [-0.25, -0.2) is 9.98 Å². The van der Waals surface area contributed by atoms with Crippen LogP contribution in [-0.4, -0.2) is 66.2 Å². The highest BCUT2D eigenvalue weighted by molar-refractivity contribution is 6.38. The van der Waals surface area contributed by atoms with E-state index in [9.17, 15) is 0 Å². The number of H-pyrrole nitrogens is 1. The van der Waals surface area contributed by atoms with Gasteiger partial charge in [-0.05, 0) is 37.6 Å². The summed E-state index contributed by atoms with van der Waals surface area (Å²) >= 11 is 0. The van der Waals surface area contributed by atoms with Crippen LogP contribution < -0.4 is 16.9 Å². The van der Waals surface area contributed by atoms with Gasteiger partial charge in [-0.3, -0.25) is 9.89 Å². The Hall–Kier alpha value is -3.30. The van der Waals surface area contributed by atoms with Crippen molar-refractivity contribution in [3.05, 3.63) is 53.3 Å². The van der Waals surface area contributed by atoms with Gasteiger partial charge >= 0.3 is 0 Å². The van der Waals surface area contributed by atoms with Gasteiger partial charge in [0.25, 0.3) is 0 Å². The molecule has 2 heterocycles. The molecule has 3 rings (SSSR count). The molecule has 0 spiro atoms. The molecule has 0 aliphatic carbocycles. The van der Waals surface area contributed by atoms with E-state index in [-0.39, 0.29) is 6.04 Å². The van der Waals surface area contributed by atoms with Crippen LogP contribution in [0, 0.1) is 0 Å². The molecule has 164 valence electrons. The molecule has 6 N–H and O–H groups in total. The molecule has 0 bridgehead atoms. The Morgan fingerprint density at radius 1 is 1.23 bits per heavy atom. The molecule has 1 aliphatic rings. The maximum absolute atomic E-state index is 5.63. The van der Waals surface area contributed by atoms with Crippen LogP contribution in [-0.2, 0) is 6.54 Å². The van der Waals surface area contributed by atoms with E-state index in [0.717, 1.165) is 55.2 Å². The predicted octanol–water partition coefficient (Wildman–Crippen LogP) is 1.63. The van der Waals surface area contributed by atoms with Crippen LogP contribution in [0.3, 0.4) is 0 Å². The van der Waals surface area contributed by atoms with E-state index in [4.69, 9.17) is 16.6 Å². The number of aromatic amines is 1. The van der Waals surface area contributed by atoms with Crippen LogP contribution in [0.25, 0.3) is 0 Å². The fourth-order valence-corrected chi connectivity index (χ4v) is 3.33. The lowest BCUT2D eigenvalue weighted by Crippen LogP contribution is -2.43. The number of aromatic nitrogens is 1. The summed E-state index contributed by atoms with van der Waals surface area (Å²) in [5.74, 6) is 6.11. The smallest absolute Gasteiger partial charge is 0.178 e. The van der Waals surface area contributed by atoms with E-state index in [2.05, 4.69) is 36.4 Å². The van der Waals surface area contributed by atoms with Gasteiger partial charge in [0.15, 0.2) is 5.84 Å². The highest BCUT2D eigenvalue weighted by atomic mass is 15.2. The number of benzene rings is 1. The molecule has 1 fully saturated rings. The molecular formula is C22H31N9. The summed E-state index contributed by atoms with van der Waals surface area (Å²) in [4.78, 5) is 19.1. The standard InChI is InChI=1S/C22H31N9/c1-16(2)27-13-20(30-24)17-4-3-5-19(12-17)29-22(28-15-23)21-18(6-7-26-21)14-31-10-8-25-9-11-31/h3-7,12-13,15-16,25-26H,8-11,14,24H2,1-2H3,(H2,23,28,29). The number of hydrogen-bond donors (Lipinski definition) is 4. The molecule has 0 unspecified atom stereocenters. The lowest BCUT2D eigenvalue weighted by atomic mass is 10.1. The normalized spacial score (nSPS) is 16.7. The fourth-order valence-electron chi connectivity index (χ4n) is 3.33. The topological polar surface area (TPSA) is 133 Å². The third-order valence-corrected chi connectivity index (χ3v) is 4.87. The monoisotopic (exact) mass is 421 g/mol. The lowest BCUT2D eigenvalue weighted by molar-refractivity contribution is 0.233. The molecule has 1 aliphatic heterocycles. The SMILES string of the molecule is CC(C)N=CC(=NN)c1cccc(N=C(N=CN)c2[nH]ccc2CN2CCNCC2)c1. The fraction of sp³-hybridized carbons (Fsp3) is 0.364. The molecule has 0 amide bonds. The Kier molecular flexibility index (Phi) is 8.08. The summed E-state index contributed by atoms with van der Waals surface area (Å²) in [7, 11) is 0. The number of aliphatic imine (C=N–C) groups is 3. The molecule has 0 radical (unpaired) electrons. The first-order valence-corrected chi connectivity index (χ1v) is 10.4. The van der Waals surface area contributed by atoms with Crippen molar-refractivity contribution < 1.29 is 0 Å². The average Bonchev–Trinajstić information content (AvgIpc) is 3.23. The second kappa shape index (κ2) is 11.2. The number of hydrazone groups is 1. The van der Waals surface area contributed by atoms with E-state index in [0.29, 0.717) is 11.5 Å². The zero-order valence-corrected chi connectivity index (χ0v) is 18.1. The zero-order chi connectivity index (χ0) is 22.1. The summed E-state index contributed by atoms with van der Waals surface area (Å²) in [6.07, 6.45) is 4.86. The third-order valence-electron chi connectivity index (χ3n) is 4.87. The highest BCUT2D eigenvalue weighted by Crippen LogP contribution is 2.19. The number of amidine groups is 1. The molecule has 0 atom stereocenters. The predicted molar refractivity (Wildman–Crippen MR) is 129 cm³/mol. The average molecular weight is 422 g/mol. The van der Waals surface area contributed by atoms with Crippen molar-refractivity contribution in [3.63, 3.8) is 0 Å². The van der Waals surface area contributed by atoms with E-state index in [1.165, 1.54) is 6.34 Å². The third kappa shape index (κ3) is 6.34. The number of piperazine rings is 1. The molecule has 1 aromatic heterocycles. The summed E-state index contributed by atoms with van der Waals surface area (Å²) in [6, 6.07) is 9.86. The quantitative estimate of drug-likeness (QED) is 0.234. The van der Waals surface area contributed by atoms with Crippen LogP contribution in [0.4, 0.5) is 5.69 Å². The Labute approximate surface area is 183 Å². The van der Waals surface area contributed by atoms with Crippen LogP contribution in [0.2, 0.25) is 0 Å². The van der Waals surface area contributed by atoms with E-state index < -0.39 is 0 Å². The van der Waals surface area contributed by atoms with Crippen molar-refractivity contribution >= 4 is 29.8 Å². The minimum atomic E-state index is 0.158. The maximum Gasteiger partial charge on any atom is 0.178 e. The largest absolute Gasteiger partial charge is 0.390 e. The van der Waals surface area contributed by atoms with Crippen LogP contribution >= 0.6 is 0 Å². The summed E-state index contributed by atoms with van der Waals surface area (Å²) < 4.78 is 0. The molecular weight excluding hydrogens is 390 g/mol. The zero-order valence-electron chi connectivity index (χ0n) is 18.1. The number of nitrogens with one attached hydrogen (secondary N) is 2. The first-order chi connectivity index (χ1) is 15.1. The summed E-state index contributed by atoms with van der Waals surface area (Å²) in [5, 5.41) is 7.25. The van der Waals surface area contributed by atoms with Crippen molar-refractivity contribution in [2.45, 2.75) is 26.4 Å². The van der Waals surface area contributed by atoms with Gasteiger partial charge in [0.1, 0.15) is 5.71 Å². The van der Waals surface area contributed by atoms with Gasteiger partial charge in [0.2, 0.25) is 0 Å². The van der Waals surface area contributed by atoms with Crippen molar-refractivity contribution in [2.75, 3.05) is 26.2 Å². The van der Waals surface area contributed by atoms with Crippen molar-refractivity contribution in [1.82, 2.24) is 15.2 Å². The van der Waals surface area contributed by atoms with Crippen molar-refractivity contribution in [2.24, 2.45) is 31.7 Å². The van der Waals surface area contributed by atoms with Gasteiger partial charge in [-0.2, -0.15) is 5.10 Å². The minimum absolute atomic E-state index is 0.158. The molecule has 1 aromatic carbocycles. The number of nitrogens with two attached hydrogens (primary N) is 2. The molecule has 0 saturated carbocycles. The number of hydrogen-bond acceptors (Lipinski definition) is 6. The Morgan fingerprint density at radius 3 is 2.74 bits per heavy atom. The Morgan fingerprint density at radius 2 is 2.03 bits per heavy atom. The van der Waals surface area contributed by atoms with E-state index >= 15 is 0 Å².